The largest absolute Gasteiger partial charge is 0.252 e. The number of rotatable bonds is 4. The van der Waals surface area contributed by atoms with Crippen LogP contribution in [-0.4, -0.2) is 5.71 Å². The molecule has 1 heterocycles. The van der Waals surface area contributed by atoms with Gasteiger partial charge in [-0.25, -0.2) is 0 Å². The van der Waals surface area contributed by atoms with E-state index in [0.717, 1.165) is 12.1 Å². The lowest BCUT2D eigenvalue weighted by atomic mass is 9.77. The molecule has 0 amide bonds. The highest BCUT2D eigenvalue weighted by atomic mass is 14.8. The van der Waals surface area contributed by atoms with Crippen LogP contribution >= 0.6 is 0 Å². The molecule has 0 N–H and O–H groups in total. The number of para-hydroxylation sites is 1. The lowest BCUT2D eigenvalue weighted by molar-refractivity contribution is 0.739. The first-order chi connectivity index (χ1) is 14.6. The van der Waals surface area contributed by atoms with Crippen molar-refractivity contribution in [2.75, 3.05) is 0 Å². The lowest BCUT2D eigenvalue weighted by Gasteiger charge is -2.27. The Hall–Kier alpha value is -2.67. The van der Waals surface area contributed by atoms with E-state index in [1.54, 1.807) is 11.1 Å². The molecule has 0 bridgehead atoms. The minimum atomic E-state index is -0.0279. The third kappa shape index (κ3) is 3.31. The Bertz CT molecular complexity index is 1120. The van der Waals surface area contributed by atoms with Crippen molar-refractivity contribution in [2.24, 2.45) is 4.99 Å². The fraction of sp³-hybridized carbons (Fsp3) is 0.345. The molecule has 0 spiro atoms. The molecule has 1 aliphatic heterocycles. The van der Waals surface area contributed by atoms with E-state index < -0.39 is 0 Å². The zero-order valence-electron chi connectivity index (χ0n) is 18.5. The van der Waals surface area contributed by atoms with Crippen molar-refractivity contribution in [3.8, 4) is 0 Å². The van der Waals surface area contributed by atoms with Gasteiger partial charge in [0, 0.05) is 5.41 Å². The van der Waals surface area contributed by atoms with Gasteiger partial charge in [0.2, 0.25) is 0 Å². The molecule has 5 rings (SSSR count). The van der Waals surface area contributed by atoms with Gasteiger partial charge in [0.25, 0.3) is 0 Å². The van der Waals surface area contributed by atoms with Crippen molar-refractivity contribution in [2.45, 2.75) is 64.7 Å². The molecule has 0 atom stereocenters. The van der Waals surface area contributed by atoms with E-state index in [-0.39, 0.29) is 5.41 Å². The number of benzene rings is 2. The van der Waals surface area contributed by atoms with Crippen molar-refractivity contribution >= 4 is 17.5 Å². The Morgan fingerprint density at radius 3 is 2.73 bits per heavy atom. The van der Waals surface area contributed by atoms with Crippen molar-refractivity contribution in [3.05, 3.63) is 93.6 Å². The van der Waals surface area contributed by atoms with Gasteiger partial charge in [-0.1, -0.05) is 75.7 Å². The number of allylic oxidation sites excluding steroid dienone is 5. The molecule has 1 heteroatoms. The minimum Gasteiger partial charge on any atom is -0.252 e. The van der Waals surface area contributed by atoms with Crippen LogP contribution in [0.3, 0.4) is 0 Å². The van der Waals surface area contributed by atoms with E-state index in [4.69, 9.17) is 4.99 Å². The molecular formula is C29H31N. The summed E-state index contributed by atoms with van der Waals surface area (Å²) in [5.41, 5.74) is 12.6. The van der Waals surface area contributed by atoms with Gasteiger partial charge in [-0.15, -0.1) is 0 Å². The average Bonchev–Trinajstić information content (AvgIpc) is 3.01. The second kappa shape index (κ2) is 7.54. The van der Waals surface area contributed by atoms with Crippen molar-refractivity contribution in [3.63, 3.8) is 0 Å². The molecule has 0 saturated carbocycles. The first kappa shape index (κ1) is 19.3. The fourth-order valence-electron chi connectivity index (χ4n) is 5.26. The Morgan fingerprint density at radius 1 is 1.03 bits per heavy atom. The summed E-state index contributed by atoms with van der Waals surface area (Å²) in [4.78, 5) is 4.95. The van der Waals surface area contributed by atoms with Crippen molar-refractivity contribution < 1.29 is 0 Å². The molecule has 0 aromatic heterocycles. The predicted molar refractivity (Wildman–Crippen MR) is 129 cm³/mol. The van der Waals surface area contributed by atoms with E-state index in [9.17, 15) is 0 Å². The summed E-state index contributed by atoms with van der Waals surface area (Å²) in [6.45, 7) is 6.84. The molecule has 1 nitrogen and oxygen atoms in total. The lowest BCUT2D eigenvalue weighted by Crippen LogP contribution is -2.23. The standard InChI is InChI=1S/C29H31N/c1-4-8-20-13-14-22-18-23-10-7-9-21(25(23)19-24(22)17-20)15-16-28-29(2,3)26-11-5-6-12-27(26)30-28/h5-6,11-18H,4,7-10,19H2,1-3H3/b16-15+. The summed E-state index contributed by atoms with van der Waals surface area (Å²) < 4.78 is 0. The van der Waals surface area contributed by atoms with Gasteiger partial charge in [-0.05, 0) is 83.2 Å². The SMILES string of the molecule is CCCc1ccc2c(c1)CC1=C(/C=C/C3=Nc4ccccc4C3(C)C)CCCC1=C2. The number of hydrogen-bond donors (Lipinski definition) is 0. The van der Waals surface area contributed by atoms with E-state index in [1.807, 2.05) is 0 Å². The summed E-state index contributed by atoms with van der Waals surface area (Å²) in [6.07, 6.45) is 14.2. The molecule has 152 valence electrons. The molecule has 3 aliphatic rings. The second-order valence-corrected chi connectivity index (χ2v) is 9.46. The van der Waals surface area contributed by atoms with Crippen LogP contribution in [-0.2, 0) is 18.3 Å². The van der Waals surface area contributed by atoms with Crippen LogP contribution in [0.4, 0.5) is 5.69 Å². The van der Waals surface area contributed by atoms with Crippen LogP contribution < -0.4 is 0 Å². The third-order valence-electron chi connectivity index (χ3n) is 7.01. The topological polar surface area (TPSA) is 12.4 Å². The van der Waals surface area contributed by atoms with Crippen LogP contribution in [0.5, 0.6) is 0 Å². The van der Waals surface area contributed by atoms with Gasteiger partial charge in [-0.3, -0.25) is 4.99 Å². The number of hydrogen-bond acceptors (Lipinski definition) is 1. The van der Waals surface area contributed by atoms with Gasteiger partial charge < -0.3 is 0 Å². The molecule has 30 heavy (non-hydrogen) atoms. The molecule has 0 fully saturated rings. The summed E-state index contributed by atoms with van der Waals surface area (Å²) in [5, 5.41) is 0. The van der Waals surface area contributed by atoms with Crippen molar-refractivity contribution in [1.82, 2.24) is 0 Å². The monoisotopic (exact) mass is 393 g/mol. The molecule has 0 unspecified atom stereocenters. The first-order valence-electron chi connectivity index (χ1n) is 11.5. The van der Waals surface area contributed by atoms with Crippen molar-refractivity contribution in [1.29, 1.82) is 0 Å². The third-order valence-corrected chi connectivity index (χ3v) is 7.01. The van der Waals surface area contributed by atoms with Gasteiger partial charge in [0.05, 0.1) is 11.4 Å². The van der Waals surface area contributed by atoms with E-state index in [2.05, 4.69) is 81.5 Å². The highest BCUT2D eigenvalue weighted by Gasteiger charge is 2.33. The van der Waals surface area contributed by atoms with Crippen LogP contribution in [0.2, 0.25) is 0 Å². The number of aryl methyl sites for hydroxylation is 1. The maximum absolute atomic E-state index is 4.95. The smallest absolute Gasteiger partial charge is 0.0674 e. The Kier molecular flexibility index (Phi) is 4.85. The molecular weight excluding hydrogens is 362 g/mol. The van der Waals surface area contributed by atoms with E-state index in [1.165, 1.54) is 65.6 Å². The maximum Gasteiger partial charge on any atom is 0.0674 e. The van der Waals surface area contributed by atoms with E-state index in [0.29, 0.717) is 0 Å². The van der Waals surface area contributed by atoms with Gasteiger partial charge in [-0.2, -0.15) is 0 Å². The highest BCUT2D eigenvalue weighted by Crippen LogP contribution is 2.41. The predicted octanol–water partition coefficient (Wildman–Crippen LogP) is 7.68. The van der Waals surface area contributed by atoms with Crippen LogP contribution in [0.15, 0.2) is 76.3 Å². The zero-order chi connectivity index (χ0) is 20.7. The average molecular weight is 394 g/mol. The quantitative estimate of drug-likeness (QED) is 0.505. The van der Waals surface area contributed by atoms with Crippen LogP contribution in [0, 0.1) is 0 Å². The van der Waals surface area contributed by atoms with Crippen LogP contribution in [0.25, 0.3) is 6.08 Å². The highest BCUT2D eigenvalue weighted by molar-refractivity contribution is 6.08. The molecule has 0 saturated heterocycles. The Balaban J connectivity index is 1.48. The number of nitrogens with zero attached hydrogens (tertiary/aromatic N) is 1. The molecule has 2 aromatic rings. The maximum atomic E-state index is 4.95. The number of fused-ring (bicyclic) bond motifs is 3. The fourth-order valence-corrected chi connectivity index (χ4v) is 5.26. The second-order valence-electron chi connectivity index (χ2n) is 9.46. The molecule has 0 radical (unpaired) electrons. The summed E-state index contributed by atoms with van der Waals surface area (Å²) in [6, 6.07) is 15.6. The molecule has 2 aliphatic carbocycles. The van der Waals surface area contributed by atoms with Crippen LogP contribution in [0.1, 0.15) is 68.7 Å². The van der Waals surface area contributed by atoms with Gasteiger partial charge in [0.1, 0.15) is 0 Å². The Labute approximate surface area is 181 Å². The summed E-state index contributed by atoms with van der Waals surface area (Å²) in [7, 11) is 0. The molecule has 2 aromatic carbocycles. The van der Waals surface area contributed by atoms with Gasteiger partial charge in [0.15, 0.2) is 0 Å². The first-order valence-corrected chi connectivity index (χ1v) is 11.5. The normalized spacial score (nSPS) is 19.3. The van der Waals surface area contributed by atoms with Gasteiger partial charge >= 0.3 is 0 Å². The zero-order valence-corrected chi connectivity index (χ0v) is 18.5. The van der Waals surface area contributed by atoms with E-state index >= 15 is 0 Å². The summed E-state index contributed by atoms with van der Waals surface area (Å²) in [5.74, 6) is 0. The summed E-state index contributed by atoms with van der Waals surface area (Å²) >= 11 is 0. The minimum absolute atomic E-state index is 0.0279. The number of aliphatic imine (C=N–C) groups is 1. The Morgan fingerprint density at radius 2 is 1.90 bits per heavy atom.